The largest absolute Gasteiger partial charge is 0.469 e. The quantitative estimate of drug-likeness (QED) is 0.739. The van der Waals surface area contributed by atoms with Gasteiger partial charge in [0.2, 0.25) is 0 Å². The van der Waals surface area contributed by atoms with Crippen molar-refractivity contribution in [3.05, 3.63) is 89.4 Å². The molecule has 2 unspecified atom stereocenters. The molecule has 4 rings (SSSR count). The summed E-state index contributed by atoms with van der Waals surface area (Å²) in [6.07, 6.45) is 1.41. The summed E-state index contributed by atoms with van der Waals surface area (Å²) in [4.78, 5) is 0.216. The Labute approximate surface area is 152 Å². The second-order valence-electron chi connectivity index (χ2n) is 6.31. The van der Waals surface area contributed by atoms with Crippen molar-refractivity contribution in [2.24, 2.45) is 0 Å². The Morgan fingerprint density at radius 1 is 1.00 bits per heavy atom. The molecule has 2 heterocycles. The Balaban J connectivity index is 1.63. The zero-order valence-corrected chi connectivity index (χ0v) is 14.8. The van der Waals surface area contributed by atoms with E-state index in [2.05, 4.69) is 5.32 Å². The molecule has 0 amide bonds. The summed E-state index contributed by atoms with van der Waals surface area (Å²) in [5, 5.41) is 12.7. The molecule has 2 aromatic carbocycles. The van der Waals surface area contributed by atoms with E-state index < -0.39 is 21.3 Å². The predicted molar refractivity (Wildman–Crippen MR) is 97.3 cm³/mol. The number of rotatable bonds is 4. The molecule has 134 valence electrons. The maximum Gasteiger partial charge on any atom is 0.198 e. The average Bonchev–Trinajstić information content (AvgIpc) is 3.17. The normalized spacial score (nSPS) is 18.3. The molecule has 0 aliphatic carbocycles. The molecule has 2 N–H and O–H groups in total. The molecule has 0 saturated heterocycles. The van der Waals surface area contributed by atoms with E-state index in [1.54, 1.807) is 30.3 Å². The lowest BCUT2D eigenvalue weighted by Crippen LogP contribution is -2.34. The van der Waals surface area contributed by atoms with E-state index in [9.17, 15) is 13.5 Å². The molecule has 0 radical (unpaired) electrons. The first-order chi connectivity index (χ1) is 12.6. The van der Waals surface area contributed by atoms with E-state index in [1.165, 1.54) is 6.26 Å². The summed E-state index contributed by atoms with van der Waals surface area (Å²) in [5.41, 5.74) is 2.08. The number of nitrogens with one attached hydrogen (secondary N) is 1. The fourth-order valence-corrected chi connectivity index (χ4v) is 4.96. The van der Waals surface area contributed by atoms with Crippen molar-refractivity contribution in [1.82, 2.24) is 5.32 Å². The molecule has 5 nitrogen and oxygen atoms in total. The van der Waals surface area contributed by atoms with Crippen LogP contribution in [0.5, 0.6) is 0 Å². The molecule has 1 aliphatic rings. The Kier molecular flexibility index (Phi) is 4.40. The minimum absolute atomic E-state index is 0.216. The van der Waals surface area contributed by atoms with Crippen LogP contribution >= 0.6 is 0 Å². The minimum atomic E-state index is -3.61. The Morgan fingerprint density at radius 2 is 1.69 bits per heavy atom. The number of sulfone groups is 1. The first-order valence-electron chi connectivity index (χ1n) is 8.44. The van der Waals surface area contributed by atoms with Gasteiger partial charge in [0.05, 0.1) is 11.2 Å². The van der Waals surface area contributed by atoms with Crippen molar-refractivity contribution in [2.75, 3.05) is 6.54 Å². The molecule has 0 bridgehead atoms. The van der Waals surface area contributed by atoms with E-state index in [4.69, 9.17) is 4.42 Å². The van der Waals surface area contributed by atoms with Crippen LogP contribution in [-0.2, 0) is 16.3 Å². The van der Waals surface area contributed by atoms with Gasteiger partial charge in [-0.25, -0.2) is 8.42 Å². The van der Waals surface area contributed by atoms with Gasteiger partial charge in [0.25, 0.3) is 0 Å². The Morgan fingerprint density at radius 3 is 2.42 bits per heavy atom. The van der Waals surface area contributed by atoms with Crippen LogP contribution in [0.3, 0.4) is 0 Å². The van der Waals surface area contributed by atoms with Crippen LogP contribution in [0, 0.1) is 0 Å². The molecular weight excluding hydrogens is 350 g/mol. The molecule has 6 heteroatoms. The van der Waals surface area contributed by atoms with Crippen LogP contribution in [0.15, 0.2) is 76.2 Å². The van der Waals surface area contributed by atoms with Gasteiger partial charge in [0, 0.05) is 18.5 Å². The number of hydrogen-bond donors (Lipinski definition) is 2. The van der Waals surface area contributed by atoms with Gasteiger partial charge in [-0.05, 0) is 29.3 Å². The monoisotopic (exact) mass is 369 g/mol. The standard InChI is InChI=1S/C20H19NO4S/c22-19(14-4-2-1-3-5-14)15-6-8-16(9-7-15)26(23,24)20-17-11-13-25-18(17)10-12-21-20/h1-9,11,13,19-22H,10,12H2. The van der Waals surface area contributed by atoms with Crippen molar-refractivity contribution in [2.45, 2.75) is 22.8 Å². The number of furan rings is 1. The van der Waals surface area contributed by atoms with E-state index in [1.807, 2.05) is 30.3 Å². The van der Waals surface area contributed by atoms with E-state index in [-0.39, 0.29) is 4.90 Å². The van der Waals surface area contributed by atoms with Crippen molar-refractivity contribution in [3.63, 3.8) is 0 Å². The van der Waals surface area contributed by atoms with Gasteiger partial charge < -0.3 is 9.52 Å². The number of aliphatic hydroxyl groups is 1. The lowest BCUT2D eigenvalue weighted by molar-refractivity contribution is 0.220. The van der Waals surface area contributed by atoms with Crippen molar-refractivity contribution >= 4 is 9.84 Å². The summed E-state index contributed by atoms with van der Waals surface area (Å²) >= 11 is 0. The van der Waals surface area contributed by atoms with Crippen LogP contribution in [-0.4, -0.2) is 20.1 Å². The SMILES string of the molecule is O=S(=O)(c1ccc(C(O)c2ccccc2)cc1)C1NCCc2occc21. The topological polar surface area (TPSA) is 79.5 Å². The summed E-state index contributed by atoms with van der Waals surface area (Å²) in [6.45, 7) is 0.551. The fourth-order valence-electron chi connectivity index (χ4n) is 3.29. The highest BCUT2D eigenvalue weighted by Crippen LogP contribution is 2.33. The molecule has 1 aromatic heterocycles. The van der Waals surface area contributed by atoms with Crippen LogP contribution in [0.4, 0.5) is 0 Å². The third-order valence-electron chi connectivity index (χ3n) is 4.69. The molecule has 0 spiro atoms. The minimum Gasteiger partial charge on any atom is -0.469 e. The van der Waals surface area contributed by atoms with Gasteiger partial charge in [-0.15, -0.1) is 0 Å². The van der Waals surface area contributed by atoms with E-state index in [0.717, 1.165) is 5.56 Å². The highest BCUT2D eigenvalue weighted by Gasteiger charge is 2.34. The van der Waals surface area contributed by atoms with Gasteiger partial charge >= 0.3 is 0 Å². The average molecular weight is 369 g/mol. The van der Waals surface area contributed by atoms with Gasteiger partial charge in [0.15, 0.2) is 9.84 Å². The smallest absolute Gasteiger partial charge is 0.198 e. The molecule has 0 saturated carbocycles. The van der Waals surface area contributed by atoms with Crippen molar-refractivity contribution < 1.29 is 17.9 Å². The molecule has 1 aliphatic heterocycles. The molecule has 3 aromatic rings. The second kappa shape index (κ2) is 6.72. The first-order valence-corrected chi connectivity index (χ1v) is 9.98. The highest BCUT2D eigenvalue weighted by molar-refractivity contribution is 7.91. The number of aliphatic hydroxyl groups excluding tert-OH is 1. The van der Waals surface area contributed by atoms with Gasteiger partial charge in [-0.3, -0.25) is 5.32 Å². The third kappa shape index (κ3) is 2.96. The van der Waals surface area contributed by atoms with Crippen molar-refractivity contribution in [1.29, 1.82) is 0 Å². The van der Waals surface area contributed by atoms with Crippen molar-refractivity contribution in [3.8, 4) is 0 Å². The second-order valence-corrected chi connectivity index (χ2v) is 8.34. The molecule has 26 heavy (non-hydrogen) atoms. The van der Waals surface area contributed by atoms with Crippen LogP contribution < -0.4 is 5.32 Å². The van der Waals surface area contributed by atoms with Gasteiger partial charge in [-0.2, -0.15) is 0 Å². The lowest BCUT2D eigenvalue weighted by Gasteiger charge is -2.23. The first kappa shape index (κ1) is 17.0. The summed E-state index contributed by atoms with van der Waals surface area (Å²) in [7, 11) is -3.61. The number of fused-ring (bicyclic) bond motifs is 1. The van der Waals surface area contributed by atoms with E-state index in [0.29, 0.717) is 29.9 Å². The van der Waals surface area contributed by atoms with Crippen LogP contribution in [0.25, 0.3) is 0 Å². The number of hydrogen-bond acceptors (Lipinski definition) is 5. The van der Waals surface area contributed by atoms with E-state index >= 15 is 0 Å². The summed E-state index contributed by atoms with van der Waals surface area (Å²) in [5.74, 6) is 0.716. The van der Waals surface area contributed by atoms with Gasteiger partial charge in [0.1, 0.15) is 17.2 Å². The third-order valence-corrected chi connectivity index (χ3v) is 6.66. The van der Waals surface area contributed by atoms with Crippen LogP contribution in [0.1, 0.15) is 33.9 Å². The molecule has 0 fully saturated rings. The van der Waals surface area contributed by atoms with Crippen LogP contribution in [0.2, 0.25) is 0 Å². The maximum absolute atomic E-state index is 13.0. The fraction of sp³-hybridized carbons (Fsp3) is 0.200. The number of benzene rings is 2. The highest BCUT2D eigenvalue weighted by atomic mass is 32.2. The Bertz CT molecular complexity index is 994. The Hall–Kier alpha value is -2.41. The zero-order chi connectivity index (χ0) is 18.1. The summed E-state index contributed by atoms with van der Waals surface area (Å²) < 4.78 is 31.4. The molecular formula is C20H19NO4S. The summed E-state index contributed by atoms with van der Waals surface area (Å²) in [6, 6.07) is 17.4. The zero-order valence-electron chi connectivity index (χ0n) is 14.0. The predicted octanol–water partition coefficient (Wildman–Crippen LogP) is 2.98. The molecule has 2 atom stereocenters. The maximum atomic E-state index is 13.0. The lowest BCUT2D eigenvalue weighted by atomic mass is 10.0. The van der Waals surface area contributed by atoms with Gasteiger partial charge in [-0.1, -0.05) is 42.5 Å².